The van der Waals surface area contributed by atoms with E-state index in [2.05, 4.69) is 5.32 Å². The van der Waals surface area contributed by atoms with Crippen LogP contribution in [-0.2, 0) is 4.79 Å². The number of carbonyl (C=O) groups excluding carboxylic acids is 3. The van der Waals surface area contributed by atoms with Crippen molar-refractivity contribution in [2.45, 2.75) is 13.8 Å². The van der Waals surface area contributed by atoms with Gasteiger partial charge < -0.3 is 10.2 Å². The van der Waals surface area contributed by atoms with Crippen LogP contribution >= 0.6 is 0 Å². The van der Waals surface area contributed by atoms with Crippen molar-refractivity contribution in [3.8, 4) is 0 Å². The van der Waals surface area contributed by atoms with Crippen LogP contribution in [0, 0.1) is 6.92 Å². The highest BCUT2D eigenvalue weighted by Crippen LogP contribution is 2.20. The summed E-state index contributed by atoms with van der Waals surface area (Å²) in [6.07, 6.45) is 0. The average molecular weight is 351 g/mol. The van der Waals surface area contributed by atoms with Gasteiger partial charge in [0, 0.05) is 30.0 Å². The lowest BCUT2D eigenvalue weighted by atomic mass is 10.1. The average Bonchev–Trinajstić information content (AvgIpc) is 2.97. The number of carbonyl (C=O) groups is 3. The summed E-state index contributed by atoms with van der Waals surface area (Å²) in [5.74, 6) is -0.290. The van der Waals surface area contributed by atoms with Gasteiger partial charge in [-0.1, -0.05) is 17.7 Å². The molecule has 0 bridgehead atoms. The van der Waals surface area contributed by atoms with E-state index in [9.17, 15) is 14.4 Å². The molecule has 6 nitrogen and oxygen atoms in total. The standard InChI is InChI=1S/C20H21N3O3/c1-14-3-9-18(10-4-14)23-12-11-22(20(23)26)13-19(25)21-17-7-5-16(6-8-17)15(2)24/h3-10H,11-13H2,1-2H3,(H,21,25). The van der Waals surface area contributed by atoms with E-state index in [-0.39, 0.29) is 24.3 Å². The van der Waals surface area contributed by atoms with E-state index in [1.807, 2.05) is 31.2 Å². The number of nitrogens with one attached hydrogen (secondary N) is 1. The summed E-state index contributed by atoms with van der Waals surface area (Å²) in [4.78, 5) is 39.2. The SMILES string of the molecule is CC(=O)c1ccc(NC(=O)CN2CCN(c3ccc(C)cc3)C2=O)cc1. The molecule has 0 aliphatic carbocycles. The summed E-state index contributed by atoms with van der Waals surface area (Å²) in [7, 11) is 0. The first-order valence-electron chi connectivity index (χ1n) is 8.48. The molecule has 1 heterocycles. The van der Waals surface area contributed by atoms with Gasteiger partial charge in [0.1, 0.15) is 6.54 Å². The predicted octanol–water partition coefficient (Wildman–Crippen LogP) is 3.08. The zero-order valence-corrected chi connectivity index (χ0v) is 14.9. The first-order valence-corrected chi connectivity index (χ1v) is 8.48. The third-order valence-corrected chi connectivity index (χ3v) is 4.35. The number of aryl methyl sites for hydroxylation is 1. The molecule has 0 aromatic heterocycles. The van der Waals surface area contributed by atoms with Crippen molar-refractivity contribution in [2.75, 3.05) is 29.9 Å². The minimum atomic E-state index is -0.264. The van der Waals surface area contributed by atoms with Gasteiger partial charge in [-0.2, -0.15) is 0 Å². The second-order valence-electron chi connectivity index (χ2n) is 6.37. The second kappa shape index (κ2) is 7.39. The maximum Gasteiger partial charge on any atom is 0.325 e. The lowest BCUT2D eigenvalue weighted by Gasteiger charge is -2.18. The summed E-state index contributed by atoms with van der Waals surface area (Å²) in [5, 5.41) is 2.75. The number of amides is 3. The number of ketones is 1. The third-order valence-electron chi connectivity index (χ3n) is 4.35. The van der Waals surface area contributed by atoms with E-state index in [1.165, 1.54) is 11.8 Å². The second-order valence-corrected chi connectivity index (χ2v) is 6.37. The Morgan fingerprint density at radius 3 is 2.27 bits per heavy atom. The van der Waals surface area contributed by atoms with E-state index in [0.29, 0.717) is 24.3 Å². The maximum absolute atomic E-state index is 12.5. The van der Waals surface area contributed by atoms with Crippen LogP contribution in [0.2, 0.25) is 0 Å². The predicted molar refractivity (Wildman–Crippen MR) is 101 cm³/mol. The molecule has 1 aliphatic rings. The van der Waals surface area contributed by atoms with Crippen LogP contribution in [0.15, 0.2) is 48.5 Å². The molecule has 0 saturated carbocycles. The first kappa shape index (κ1) is 17.7. The van der Waals surface area contributed by atoms with E-state index in [0.717, 1.165) is 11.3 Å². The highest BCUT2D eigenvalue weighted by atomic mass is 16.2. The molecule has 134 valence electrons. The molecule has 6 heteroatoms. The normalized spacial score (nSPS) is 13.8. The molecule has 3 rings (SSSR count). The van der Waals surface area contributed by atoms with Crippen molar-refractivity contribution in [2.24, 2.45) is 0 Å². The summed E-state index contributed by atoms with van der Waals surface area (Å²) in [6, 6.07) is 14.3. The fourth-order valence-corrected chi connectivity index (χ4v) is 2.86. The van der Waals surface area contributed by atoms with Crippen LogP contribution in [-0.4, -0.2) is 42.3 Å². The smallest absolute Gasteiger partial charge is 0.325 e. The van der Waals surface area contributed by atoms with Crippen LogP contribution in [0.3, 0.4) is 0 Å². The Labute approximate surface area is 152 Å². The molecular formula is C20H21N3O3. The first-order chi connectivity index (χ1) is 12.4. The molecule has 1 fully saturated rings. The maximum atomic E-state index is 12.5. The minimum absolute atomic E-state index is 0.00431. The number of urea groups is 1. The van der Waals surface area contributed by atoms with Gasteiger partial charge in [0.25, 0.3) is 0 Å². The molecule has 2 aromatic carbocycles. The molecule has 2 aromatic rings. The van der Waals surface area contributed by atoms with Gasteiger partial charge in [-0.15, -0.1) is 0 Å². The molecule has 1 aliphatic heterocycles. The van der Waals surface area contributed by atoms with Gasteiger partial charge in [0.15, 0.2) is 5.78 Å². The number of nitrogens with zero attached hydrogens (tertiary/aromatic N) is 2. The molecule has 26 heavy (non-hydrogen) atoms. The lowest BCUT2D eigenvalue weighted by Crippen LogP contribution is -2.37. The van der Waals surface area contributed by atoms with Gasteiger partial charge in [-0.05, 0) is 50.2 Å². The van der Waals surface area contributed by atoms with Gasteiger partial charge in [-0.25, -0.2) is 4.79 Å². The fourth-order valence-electron chi connectivity index (χ4n) is 2.86. The number of hydrogen-bond acceptors (Lipinski definition) is 3. The van der Waals surface area contributed by atoms with Gasteiger partial charge in [-0.3, -0.25) is 14.5 Å². The topological polar surface area (TPSA) is 69.7 Å². The summed E-state index contributed by atoms with van der Waals surface area (Å²) < 4.78 is 0. The summed E-state index contributed by atoms with van der Waals surface area (Å²) in [6.45, 7) is 4.54. The molecule has 0 radical (unpaired) electrons. The molecular weight excluding hydrogens is 330 g/mol. The Bertz CT molecular complexity index is 828. The number of benzene rings is 2. The molecule has 1 N–H and O–H groups in total. The van der Waals surface area contributed by atoms with Crippen LogP contribution in [0.1, 0.15) is 22.8 Å². The third kappa shape index (κ3) is 3.91. The Kier molecular flexibility index (Phi) is 5.02. The van der Waals surface area contributed by atoms with Gasteiger partial charge in [0.2, 0.25) is 5.91 Å². The van der Waals surface area contributed by atoms with Crippen molar-refractivity contribution in [1.29, 1.82) is 0 Å². The fraction of sp³-hybridized carbons (Fsp3) is 0.250. The van der Waals surface area contributed by atoms with Crippen LogP contribution in [0.25, 0.3) is 0 Å². The minimum Gasteiger partial charge on any atom is -0.325 e. The zero-order valence-electron chi connectivity index (χ0n) is 14.9. The Balaban J connectivity index is 1.58. The van der Waals surface area contributed by atoms with Gasteiger partial charge >= 0.3 is 6.03 Å². The van der Waals surface area contributed by atoms with E-state index in [1.54, 1.807) is 29.2 Å². The number of Topliss-reactive ketones (excluding diaryl/α,β-unsaturated/α-hetero) is 1. The largest absolute Gasteiger partial charge is 0.325 e. The Hall–Kier alpha value is -3.15. The van der Waals surface area contributed by atoms with E-state index >= 15 is 0 Å². The summed E-state index contributed by atoms with van der Waals surface area (Å²) in [5.41, 5.74) is 3.16. The van der Waals surface area contributed by atoms with Crippen LogP contribution < -0.4 is 10.2 Å². The van der Waals surface area contributed by atoms with Gasteiger partial charge in [0.05, 0.1) is 0 Å². The monoisotopic (exact) mass is 351 g/mol. The van der Waals surface area contributed by atoms with Crippen molar-refractivity contribution in [3.05, 3.63) is 59.7 Å². The number of rotatable bonds is 5. The highest BCUT2D eigenvalue weighted by Gasteiger charge is 2.30. The quantitative estimate of drug-likeness (QED) is 0.842. The van der Waals surface area contributed by atoms with Crippen molar-refractivity contribution in [3.63, 3.8) is 0 Å². The molecule has 0 unspecified atom stereocenters. The molecule has 3 amide bonds. The molecule has 1 saturated heterocycles. The Morgan fingerprint density at radius 1 is 1.00 bits per heavy atom. The van der Waals surface area contributed by atoms with Crippen molar-refractivity contribution >= 4 is 29.1 Å². The van der Waals surface area contributed by atoms with E-state index < -0.39 is 0 Å². The lowest BCUT2D eigenvalue weighted by molar-refractivity contribution is -0.116. The molecule has 0 spiro atoms. The summed E-state index contributed by atoms with van der Waals surface area (Å²) >= 11 is 0. The highest BCUT2D eigenvalue weighted by molar-refractivity contribution is 6.00. The number of hydrogen-bond donors (Lipinski definition) is 1. The zero-order chi connectivity index (χ0) is 18.7. The van der Waals surface area contributed by atoms with Crippen LogP contribution in [0.5, 0.6) is 0 Å². The Morgan fingerprint density at radius 2 is 1.65 bits per heavy atom. The van der Waals surface area contributed by atoms with E-state index in [4.69, 9.17) is 0 Å². The molecule has 0 atom stereocenters. The van der Waals surface area contributed by atoms with Crippen molar-refractivity contribution < 1.29 is 14.4 Å². The van der Waals surface area contributed by atoms with Crippen LogP contribution in [0.4, 0.5) is 16.2 Å². The number of anilines is 2. The van der Waals surface area contributed by atoms with Crippen molar-refractivity contribution in [1.82, 2.24) is 4.90 Å².